The van der Waals surface area contributed by atoms with E-state index in [1.807, 2.05) is 10.3 Å². The van der Waals surface area contributed by atoms with Gasteiger partial charge in [-0.25, -0.2) is 8.42 Å². The molecular formula is C14H13ClN2O4S. The fourth-order valence-electron chi connectivity index (χ4n) is 1.76. The molecule has 0 aromatic heterocycles. The molecule has 3 N–H and O–H groups in total. The first-order valence-electron chi connectivity index (χ1n) is 6.17. The number of hydrogen-bond donors (Lipinski definition) is 3. The van der Waals surface area contributed by atoms with Crippen molar-refractivity contribution in [3.8, 4) is 5.75 Å². The summed E-state index contributed by atoms with van der Waals surface area (Å²) in [6, 6.07) is 10.2. The predicted molar refractivity (Wildman–Crippen MR) is 82.1 cm³/mol. The van der Waals surface area contributed by atoms with Crippen LogP contribution in [0.2, 0.25) is 5.02 Å². The molecule has 0 unspecified atom stereocenters. The Morgan fingerprint density at radius 2 is 1.86 bits per heavy atom. The largest absolute Gasteiger partial charge is 0.507 e. The molecule has 2 rings (SSSR count). The molecule has 0 bridgehead atoms. The Labute approximate surface area is 132 Å². The van der Waals surface area contributed by atoms with E-state index in [1.165, 1.54) is 18.2 Å². The molecule has 1 amide bonds. The predicted octanol–water partition coefficient (Wildman–Crippen LogP) is 1.98. The smallest absolute Gasteiger partial charge is 0.269 e. The monoisotopic (exact) mass is 340 g/mol. The van der Waals surface area contributed by atoms with Crippen LogP contribution in [-0.4, -0.2) is 19.4 Å². The van der Waals surface area contributed by atoms with Crippen LogP contribution in [0.1, 0.15) is 15.9 Å². The van der Waals surface area contributed by atoms with Gasteiger partial charge in [0, 0.05) is 5.02 Å². The van der Waals surface area contributed by atoms with E-state index in [0.29, 0.717) is 5.56 Å². The van der Waals surface area contributed by atoms with Gasteiger partial charge >= 0.3 is 0 Å². The second kappa shape index (κ2) is 6.35. The number of para-hydroxylation sites is 1. The average molecular weight is 341 g/mol. The van der Waals surface area contributed by atoms with E-state index >= 15 is 0 Å². The molecule has 22 heavy (non-hydrogen) atoms. The zero-order valence-corrected chi connectivity index (χ0v) is 13.1. The number of phenolic OH excluding ortho intramolecular Hbond substituents is 1. The third-order valence-electron chi connectivity index (χ3n) is 2.89. The van der Waals surface area contributed by atoms with Crippen molar-refractivity contribution < 1.29 is 18.3 Å². The molecule has 0 aliphatic heterocycles. The molecule has 0 atom stereocenters. The van der Waals surface area contributed by atoms with Gasteiger partial charge in [0.25, 0.3) is 15.9 Å². The van der Waals surface area contributed by atoms with Crippen LogP contribution in [0.25, 0.3) is 0 Å². The number of hydrazine groups is 1. The molecule has 6 nitrogen and oxygen atoms in total. The van der Waals surface area contributed by atoms with Gasteiger partial charge in [0.2, 0.25) is 0 Å². The Hall–Kier alpha value is -2.09. The highest BCUT2D eigenvalue weighted by molar-refractivity contribution is 7.89. The van der Waals surface area contributed by atoms with Crippen LogP contribution in [0, 0.1) is 6.92 Å². The van der Waals surface area contributed by atoms with Gasteiger partial charge in [-0.05, 0) is 36.8 Å². The Balaban J connectivity index is 2.18. The van der Waals surface area contributed by atoms with E-state index < -0.39 is 15.9 Å². The molecule has 8 heteroatoms. The number of halogens is 1. The summed E-state index contributed by atoms with van der Waals surface area (Å²) >= 11 is 5.79. The van der Waals surface area contributed by atoms with Gasteiger partial charge in [0.1, 0.15) is 5.75 Å². The minimum atomic E-state index is -3.98. The minimum Gasteiger partial charge on any atom is -0.507 e. The zero-order valence-electron chi connectivity index (χ0n) is 11.5. The first kappa shape index (κ1) is 16.3. The van der Waals surface area contributed by atoms with Gasteiger partial charge in [-0.15, -0.1) is 4.83 Å². The van der Waals surface area contributed by atoms with E-state index in [9.17, 15) is 18.3 Å². The van der Waals surface area contributed by atoms with Crippen LogP contribution < -0.4 is 10.3 Å². The molecular weight excluding hydrogens is 328 g/mol. The highest BCUT2D eigenvalue weighted by Gasteiger charge is 2.19. The van der Waals surface area contributed by atoms with Crippen molar-refractivity contribution in [1.29, 1.82) is 0 Å². The number of nitrogens with one attached hydrogen (secondary N) is 2. The number of aromatic hydroxyl groups is 1. The van der Waals surface area contributed by atoms with E-state index in [2.05, 4.69) is 0 Å². The maximum absolute atomic E-state index is 12.2. The lowest BCUT2D eigenvalue weighted by Crippen LogP contribution is -2.41. The lowest BCUT2D eigenvalue weighted by atomic mass is 10.2. The molecule has 0 aliphatic carbocycles. The first-order chi connectivity index (χ1) is 10.3. The number of sulfonamides is 1. The molecule has 116 valence electrons. The van der Waals surface area contributed by atoms with Crippen molar-refractivity contribution in [3.63, 3.8) is 0 Å². The highest BCUT2D eigenvalue weighted by Crippen LogP contribution is 2.20. The quantitative estimate of drug-likeness (QED) is 0.741. The normalized spacial score (nSPS) is 11.2. The van der Waals surface area contributed by atoms with Crippen molar-refractivity contribution in [2.45, 2.75) is 11.8 Å². The molecule has 0 radical (unpaired) electrons. The topological polar surface area (TPSA) is 95.5 Å². The third-order valence-corrected chi connectivity index (χ3v) is 4.51. The first-order valence-corrected chi connectivity index (χ1v) is 8.03. The number of carbonyl (C=O) groups excluding carboxylic acids is 1. The zero-order chi connectivity index (χ0) is 16.3. The van der Waals surface area contributed by atoms with E-state index in [4.69, 9.17) is 11.6 Å². The van der Waals surface area contributed by atoms with E-state index in [1.54, 1.807) is 31.2 Å². The summed E-state index contributed by atoms with van der Waals surface area (Å²) < 4.78 is 24.4. The van der Waals surface area contributed by atoms with Crippen molar-refractivity contribution in [1.82, 2.24) is 10.3 Å². The van der Waals surface area contributed by atoms with Crippen molar-refractivity contribution in [2.24, 2.45) is 0 Å². The molecule has 0 saturated carbocycles. The number of benzene rings is 2. The van der Waals surface area contributed by atoms with E-state index in [-0.39, 0.29) is 21.2 Å². The van der Waals surface area contributed by atoms with Gasteiger partial charge in [-0.1, -0.05) is 29.8 Å². The fraction of sp³-hybridized carbons (Fsp3) is 0.0714. The number of rotatable bonds is 4. The molecule has 0 aliphatic rings. The standard InChI is InChI=1S/C14H13ClN2O4S/c1-9-6-7-10(15)8-13(9)22(20,21)17-16-14(19)11-4-2-3-5-12(11)18/h2-8,17-18H,1H3,(H,16,19). The Bertz CT molecular complexity index is 821. The van der Waals surface area contributed by atoms with Crippen LogP contribution in [0.3, 0.4) is 0 Å². The van der Waals surface area contributed by atoms with Gasteiger partial charge in [0.05, 0.1) is 10.5 Å². The summed E-state index contributed by atoms with van der Waals surface area (Å²) in [5.41, 5.74) is 2.48. The summed E-state index contributed by atoms with van der Waals surface area (Å²) in [5.74, 6) is -1.03. The second-order valence-corrected chi connectivity index (χ2v) is 6.57. The van der Waals surface area contributed by atoms with Crippen LogP contribution >= 0.6 is 11.6 Å². The molecule has 0 spiro atoms. The van der Waals surface area contributed by atoms with Gasteiger partial charge in [0.15, 0.2) is 0 Å². The van der Waals surface area contributed by atoms with Crippen molar-refractivity contribution >= 4 is 27.5 Å². The fourth-order valence-corrected chi connectivity index (χ4v) is 3.11. The van der Waals surface area contributed by atoms with Gasteiger partial charge in [-0.3, -0.25) is 10.2 Å². The van der Waals surface area contributed by atoms with Gasteiger partial charge < -0.3 is 5.11 Å². The number of amides is 1. The number of hydrogen-bond acceptors (Lipinski definition) is 4. The lowest BCUT2D eigenvalue weighted by molar-refractivity contribution is 0.0942. The number of aryl methyl sites for hydroxylation is 1. The summed E-state index contributed by atoms with van der Waals surface area (Å²) in [4.78, 5) is 13.8. The Kier molecular flexibility index (Phi) is 4.70. The summed E-state index contributed by atoms with van der Waals surface area (Å²) in [6.07, 6.45) is 0. The maximum Gasteiger partial charge on any atom is 0.269 e. The molecule has 0 saturated heterocycles. The molecule has 0 heterocycles. The van der Waals surface area contributed by atoms with Crippen LogP contribution in [-0.2, 0) is 10.0 Å². The van der Waals surface area contributed by atoms with Gasteiger partial charge in [-0.2, -0.15) is 0 Å². The summed E-state index contributed by atoms with van der Waals surface area (Å²) in [7, 11) is -3.98. The highest BCUT2D eigenvalue weighted by atomic mass is 35.5. The summed E-state index contributed by atoms with van der Waals surface area (Å²) in [6.45, 7) is 1.61. The molecule has 0 fully saturated rings. The Morgan fingerprint density at radius 3 is 2.55 bits per heavy atom. The maximum atomic E-state index is 12.2. The molecule has 2 aromatic rings. The van der Waals surface area contributed by atoms with Crippen LogP contribution in [0.15, 0.2) is 47.4 Å². The average Bonchev–Trinajstić information content (AvgIpc) is 2.48. The van der Waals surface area contributed by atoms with Crippen LogP contribution in [0.5, 0.6) is 5.75 Å². The Morgan fingerprint density at radius 1 is 1.18 bits per heavy atom. The number of carbonyl (C=O) groups is 1. The third kappa shape index (κ3) is 3.56. The van der Waals surface area contributed by atoms with E-state index in [0.717, 1.165) is 0 Å². The lowest BCUT2D eigenvalue weighted by Gasteiger charge is -2.11. The van der Waals surface area contributed by atoms with Crippen LogP contribution in [0.4, 0.5) is 0 Å². The minimum absolute atomic E-state index is 0.0439. The SMILES string of the molecule is Cc1ccc(Cl)cc1S(=O)(=O)NNC(=O)c1ccccc1O. The second-order valence-electron chi connectivity index (χ2n) is 4.49. The number of phenols is 1. The van der Waals surface area contributed by atoms with Crippen molar-refractivity contribution in [3.05, 3.63) is 58.6 Å². The van der Waals surface area contributed by atoms with Crippen molar-refractivity contribution in [2.75, 3.05) is 0 Å². The summed E-state index contributed by atoms with van der Waals surface area (Å²) in [5, 5.41) is 9.81. The molecule has 2 aromatic carbocycles.